The lowest BCUT2D eigenvalue weighted by Gasteiger charge is -2.56. The van der Waals surface area contributed by atoms with Crippen molar-refractivity contribution in [3.63, 3.8) is 0 Å². The molecule has 2 aromatic rings. The van der Waals surface area contributed by atoms with Gasteiger partial charge in [-0.25, -0.2) is 0 Å². The molecule has 0 aromatic heterocycles. The zero-order valence-corrected chi connectivity index (χ0v) is 19.7. The highest BCUT2D eigenvalue weighted by Gasteiger charge is 2.75. The molecule has 0 radical (unpaired) electrons. The summed E-state index contributed by atoms with van der Waals surface area (Å²) in [4.78, 5) is 18.9. The topological polar surface area (TPSA) is 44.8 Å². The van der Waals surface area contributed by atoms with Gasteiger partial charge in [0.1, 0.15) is 12.0 Å². The molecule has 0 spiro atoms. The molecule has 5 heterocycles. The van der Waals surface area contributed by atoms with Crippen molar-refractivity contribution in [1.29, 1.82) is 0 Å². The second kappa shape index (κ2) is 5.41. The van der Waals surface area contributed by atoms with E-state index in [1.54, 1.807) is 0 Å². The summed E-state index contributed by atoms with van der Waals surface area (Å²) >= 11 is 0. The molecule has 5 heteroatoms. The van der Waals surface area contributed by atoms with Crippen LogP contribution in [-0.2, 0) is 9.53 Å². The van der Waals surface area contributed by atoms with Crippen LogP contribution in [0.2, 0.25) is 0 Å². The van der Waals surface area contributed by atoms with Crippen molar-refractivity contribution >= 4 is 17.3 Å². The number of nitrogens with zero attached hydrogens (tertiary/aromatic N) is 2. The maximum absolute atomic E-state index is 13.6. The molecule has 1 N–H and O–H groups in total. The lowest BCUT2D eigenvalue weighted by molar-refractivity contribution is -0.131. The van der Waals surface area contributed by atoms with Crippen molar-refractivity contribution in [3.05, 3.63) is 59.7 Å². The Morgan fingerprint density at radius 3 is 2.42 bits per heavy atom. The SMILES string of the molecule is CC12C(=O)NCC1C1c3ccccc3N3C1C1C2c2ccccc2N1C1CC(C)(C)C3(C)O1. The first-order valence-electron chi connectivity index (χ1n) is 12.5. The molecule has 5 aliphatic heterocycles. The molecule has 2 aromatic carbocycles. The van der Waals surface area contributed by atoms with Crippen molar-refractivity contribution in [1.82, 2.24) is 5.32 Å². The second-order valence-electron chi connectivity index (χ2n) is 12.1. The van der Waals surface area contributed by atoms with Gasteiger partial charge < -0.3 is 19.9 Å². The summed E-state index contributed by atoms with van der Waals surface area (Å²) in [5, 5.41) is 3.31. The van der Waals surface area contributed by atoms with Crippen LogP contribution in [0.3, 0.4) is 0 Å². The third-order valence-electron chi connectivity index (χ3n) is 10.7. The van der Waals surface area contributed by atoms with E-state index in [0.717, 1.165) is 13.0 Å². The number of ether oxygens (including phenoxy) is 1. The smallest absolute Gasteiger partial charge is 0.227 e. The maximum Gasteiger partial charge on any atom is 0.227 e. The largest absolute Gasteiger partial charge is 0.355 e. The monoisotopic (exact) mass is 441 g/mol. The number of carbonyl (C=O) groups is 1. The summed E-state index contributed by atoms with van der Waals surface area (Å²) < 4.78 is 7.12. The molecule has 1 aliphatic carbocycles. The van der Waals surface area contributed by atoms with Crippen molar-refractivity contribution in [3.8, 4) is 0 Å². The Morgan fingerprint density at radius 1 is 0.939 bits per heavy atom. The fourth-order valence-corrected chi connectivity index (χ4v) is 8.98. The van der Waals surface area contributed by atoms with Crippen LogP contribution >= 0.6 is 0 Å². The van der Waals surface area contributed by atoms with Crippen molar-refractivity contribution in [2.24, 2.45) is 16.7 Å². The first-order valence-corrected chi connectivity index (χ1v) is 12.5. The number of rotatable bonds is 0. The highest BCUT2D eigenvalue weighted by Crippen LogP contribution is 2.71. The number of fused-ring (bicyclic) bond motifs is 13. The van der Waals surface area contributed by atoms with E-state index in [4.69, 9.17) is 4.74 Å². The van der Waals surface area contributed by atoms with Crippen LogP contribution in [0.15, 0.2) is 48.5 Å². The Balaban J connectivity index is 1.49. The summed E-state index contributed by atoms with van der Waals surface area (Å²) in [6.07, 6.45) is 0.993. The Hall–Kier alpha value is -2.53. The lowest BCUT2D eigenvalue weighted by atomic mass is 9.53. The zero-order valence-electron chi connectivity index (χ0n) is 19.7. The molecule has 1 amide bonds. The van der Waals surface area contributed by atoms with Crippen LogP contribution < -0.4 is 15.1 Å². The Kier molecular flexibility index (Phi) is 3.09. The molecule has 33 heavy (non-hydrogen) atoms. The van der Waals surface area contributed by atoms with E-state index in [1.807, 2.05) is 0 Å². The predicted molar refractivity (Wildman–Crippen MR) is 127 cm³/mol. The average Bonchev–Trinajstić information content (AvgIpc) is 3.44. The minimum absolute atomic E-state index is 0.0117. The Labute approximate surface area is 195 Å². The molecule has 8 rings (SSSR count). The van der Waals surface area contributed by atoms with Gasteiger partial charge >= 0.3 is 0 Å². The van der Waals surface area contributed by atoms with Gasteiger partial charge in [0, 0.05) is 47.5 Å². The van der Waals surface area contributed by atoms with Crippen LogP contribution in [0.4, 0.5) is 11.4 Å². The van der Waals surface area contributed by atoms with Crippen LogP contribution in [-0.4, -0.2) is 36.5 Å². The van der Waals surface area contributed by atoms with E-state index < -0.39 is 11.1 Å². The molecule has 1 saturated carbocycles. The summed E-state index contributed by atoms with van der Waals surface area (Å²) in [5.74, 6) is 0.955. The highest BCUT2D eigenvalue weighted by atomic mass is 16.6. The van der Waals surface area contributed by atoms with Gasteiger partial charge in [0.05, 0.1) is 17.5 Å². The van der Waals surface area contributed by atoms with E-state index >= 15 is 0 Å². The number of para-hydroxylation sites is 2. The molecular weight excluding hydrogens is 410 g/mol. The van der Waals surface area contributed by atoms with Gasteiger partial charge in [-0.1, -0.05) is 50.2 Å². The summed E-state index contributed by atoms with van der Waals surface area (Å²) in [7, 11) is 0. The molecule has 170 valence electrons. The fourth-order valence-electron chi connectivity index (χ4n) is 8.98. The van der Waals surface area contributed by atoms with Gasteiger partial charge in [-0.3, -0.25) is 4.79 Å². The van der Waals surface area contributed by atoms with Crippen LogP contribution in [0.25, 0.3) is 0 Å². The first kappa shape index (κ1) is 18.8. The molecule has 4 fully saturated rings. The van der Waals surface area contributed by atoms with Gasteiger partial charge in [0.2, 0.25) is 5.91 Å². The number of nitrogens with one attached hydrogen (secondary N) is 1. The van der Waals surface area contributed by atoms with E-state index in [9.17, 15) is 4.79 Å². The lowest BCUT2D eigenvalue weighted by Crippen LogP contribution is -2.67. The fraction of sp³-hybridized carbons (Fsp3) is 0.536. The molecule has 6 aliphatic rings. The molecular formula is C28H31N3O2. The summed E-state index contributed by atoms with van der Waals surface area (Å²) in [5.41, 5.74) is 4.47. The number of carbonyl (C=O) groups excluding carboxylic acids is 1. The number of hydrogen-bond donors (Lipinski definition) is 1. The number of benzene rings is 2. The Morgan fingerprint density at radius 2 is 1.64 bits per heavy atom. The molecule has 3 saturated heterocycles. The predicted octanol–water partition coefficient (Wildman–Crippen LogP) is 4.20. The van der Waals surface area contributed by atoms with Gasteiger partial charge in [0.25, 0.3) is 0 Å². The van der Waals surface area contributed by atoms with Crippen molar-refractivity contribution in [2.75, 3.05) is 16.3 Å². The first-order chi connectivity index (χ1) is 15.8. The van der Waals surface area contributed by atoms with E-state index in [2.05, 4.69) is 91.3 Å². The molecule has 8 atom stereocenters. The number of amides is 1. The van der Waals surface area contributed by atoms with Crippen molar-refractivity contribution < 1.29 is 9.53 Å². The second-order valence-corrected chi connectivity index (χ2v) is 12.1. The molecule has 2 bridgehead atoms. The minimum Gasteiger partial charge on any atom is -0.355 e. The molecule has 8 unspecified atom stereocenters. The standard InChI is InChI=1S/C28H31N3O2/c1-26(2)13-20-30-18-11-7-6-10-16(18)22-24(30)23-21(17-14-29-25(32)27(17,22)3)15-9-5-8-12-19(15)31(23)28(26,4)33-20/h5-12,17,20-24H,13-14H2,1-4H3,(H,29,32). The third-order valence-corrected chi connectivity index (χ3v) is 10.7. The van der Waals surface area contributed by atoms with Gasteiger partial charge in [0.15, 0.2) is 0 Å². The van der Waals surface area contributed by atoms with Gasteiger partial charge in [-0.2, -0.15) is 0 Å². The van der Waals surface area contributed by atoms with Gasteiger partial charge in [-0.15, -0.1) is 0 Å². The van der Waals surface area contributed by atoms with Crippen molar-refractivity contribution in [2.45, 2.75) is 70.0 Å². The normalized spacial score (nSPS) is 44.7. The van der Waals surface area contributed by atoms with E-state index in [0.29, 0.717) is 5.92 Å². The number of anilines is 2. The number of hydrogen-bond acceptors (Lipinski definition) is 4. The minimum atomic E-state index is -0.431. The maximum atomic E-state index is 13.6. The third kappa shape index (κ3) is 1.79. The highest BCUT2D eigenvalue weighted by molar-refractivity contribution is 5.89. The quantitative estimate of drug-likeness (QED) is 0.666. The Bertz CT molecular complexity index is 1240. The van der Waals surface area contributed by atoms with E-state index in [1.165, 1.54) is 22.5 Å². The van der Waals surface area contributed by atoms with Crippen LogP contribution in [0.1, 0.15) is 57.1 Å². The average molecular weight is 442 g/mol. The van der Waals surface area contributed by atoms with Crippen LogP contribution in [0, 0.1) is 16.7 Å². The summed E-state index contributed by atoms with van der Waals surface area (Å²) in [6.45, 7) is 10.1. The van der Waals surface area contributed by atoms with Gasteiger partial charge in [-0.05, 0) is 37.1 Å². The van der Waals surface area contributed by atoms with E-state index in [-0.39, 0.29) is 41.5 Å². The molecule has 5 nitrogen and oxygen atoms in total. The zero-order chi connectivity index (χ0) is 22.5. The summed E-state index contributed by atoms with van der Waals surface area (Å²) in [6, 6.07) is 18.3. The van der Waals surface area contributed by atoms with Crippen LogP contribution in [0.5, 0.6) is 0 Å².